The number of rotatable bonds is 2. The van der Waals surface area contributed by atoms with Crippen LogP contribution < -0.4 is 0 Å². The van der Waals surface area contributed by atoms with Crippen molar-refractivity contribution in [3.05, 3.63) is 0 Å². The average Bonchev–Trinajstić information content (AvgIpc) is 2.40. The Kier molecular flexibility index (Phi) is 4.28. The predicted octanol–water partition coefficient (Wildman–Crippen LogP) is 1.42. The quantitative estimate of drug-likeness (QED) is 0.812. The lowest BCUT2D eigenvalue weighted by atomic mass is 9.73. The zero-order valence-corrected chi connectivity index (χ0v) is 11.5. The van der Waals surface area contributed by atoms with Crippen molar-refractivity contribution in [3.8, 4) is 0 Å². The molecule has 2 rings (SSSR count). The molecular formula is C14H25NO3. The van der Waals surface area contributed by atoms with Gasteiger partial charge in [-0.05, 0) is 31.6 Å². The Hall–Kier alpha value is -0.610. The molecule has 1 aliphatic carbocycles. The molecule has 0 unspecified atom stereocenters. The number of carbonyl (C=O) groups is 1. The second-order valence-corrected chi connectivity index (χ2v) is 5.97. The Bertz CT molecular complexity index is 289. The van der Waals surface area contributed by atoms with Gasteiger partial charge in [0, 0.05) is 19.0 Å². The van der Waals surface area contributed by atoms with Crippen molar-refractivity contribution in [1.29, 1.82) is 0 Å². The standard InChI is InChI=1S/C14H25NO3/c1-11(2)14(17)5-3-12(4-6-14)13(16)15-7-9-18-10-8-15/h11-12,17H,3-10H2,1-2H3. The lowest BCUT2D eigenvalue weighted by Gasteiger charge is -2.40. The molecule has 104 valence electrons. The van der Waals surface area contributed by atoms with Crippen molar-refractivity contribution in [2.24, 2.45) is 11.8 Å². The number of ether oxygens (including phenoxy) is 1. The van der Waals surface area contributed by atoms with Crippen LogP contribution in [0.3, 0.4) is 0 Å². The number of amides is 1. The van der Waals surface area contributed by atoms with Gasteiger partial charge in [-0.3, -0.25) is 4.79 Å². The molecule has 0 bridgehead atoms. The van der Waals surface area contributed by atoms with Crippen LogP contribution in [0.4, 0.5) is 0 Å². The molecule has 1 saturated carbocycles. The number of carbonyl (C=O) groups excluding carboxylic acids is 1. The molecule has 4 nitrogen and oxygen atoms in total. The first kappa shape index (κ1) is 13.8. The minimum Gasteiger partial charge on any atom is -0.390 e. The third-order valence-electron chi connectivity index (χ3n) is 4.60. The minimum absolute atomic E-state index is 0.113. The number of hydrogen-bond acceptors (Lipinski definition) is 3. The van der Waals surface area contributed by atoms with E-state index in [1.54, 1.807) is 0 Å². The highest BCUT2D eigenvalue weighted by Crippen LogP contribution is 2.37. The van der Waals surface area contributed by atoms with Gasteiger partial charge in [0.25, 0.3) is 0 Å². The van der Waals surface area contributed by atoms with Crippen molar-refractivity contribution < 1.29 is 14.6 Å². The summed E-state index contributed by atoms with van der Waals surface area (Å²) in [5.41, 5.74) is -0.554. The summed E-state index contributed by atoms with van der Waals surface area (Å²) in [6.07, 6.45) is 3.16. The van der Waals surface area contributed by atoms with Gasteiger partial charge < -0.3 is 14.7 Å². The highest BCUT2D eigenvalue weighted by atomic mass is 16.5. The van der Waals surface area contributed by atoms with Gasteiger partial charge in [0.05, 0.1) is 18.8 Å². The van der Waals surface area contributed by atoms with E-state index in [0.29, 0.717) is 13.2 Å². The van der Waals surface area contributed by atoms with Crippen LogP contribution in [0.15, 0.2) is 0 Å². The lowest BCUT2D eigenvalue weighted by Crippen LogP contribution is -2.47. The van der Waals surface area contributed by atoms with Crippen LogP contribution in [0.1, 0.15) is 39.5 Å². The SMILES string of the molecule is CC(C)C1(O)CCC(C(=O)N2CCOCC2)CC1. The molecule has 0 aromatic heterocycles. The van der Waals surface area contributed by atoms with E-state index in [1.807, 2.05) is 4.90 Å². The topological polar surface area (TPSA) is 49.8 Å². The average molecular weight is 255 g/mol. The van der Waals surface area contributed by atoms with Crippen LogP contribution in [0, 0.1) is 11.8 Å². The molecule has 1 aliphatic heterocycles. The predicted molar refractivity (Wildman–Crippen MR) is 69.1 cm³/mol. The van der Waals surface area contributed by atoms with Crippen LogP contribution in [0.2, 0.25) is 0 Å². The Balaban J connectivity index is 1.87. The maximum Gasteiger partial charge on any atom is 0.225 e. The van der Waals surface area contributed by atoms with E-state index >= 15 is 0 Å². The van der Waals surface area contributed by atoms with Crippen molar-refractivity contribution >= 4 is 5.91 Å². The van der Waals surface area contributed by atoms with Crippen LogP contribution in [-0.4, -0.2) is 47.8 Å². The van der Waals surface area contributed by atoms with E-state index in [-0.39, 0.29) is 17.7 Å². The number of aliphatic hydroxyl groups is 1. The molecule has 4 heteroatoms. The Labute approximate surface area is 109 Å². The monoisotopic (exact) mass is 255 g/mol. The molecule has 1 heterocycles. The van der Waals surface area contributed by atoms with Crippen molar-refractivity contribution in [2.75, 3.05) is 26.3 Å². The largest absolute Gasteiger partial charge is 0.390 e. The second-order valence-electron chi connectivity index (χ2n) is 5.97. The molecule has 1 N–H and O–H groups in total. The summed E-state index contributed by atoms with van der Waals surface area (Å²) in [5.74, 6) is 0.656. The molecule has 0 atom stereocenters. The number of morpholine rings is 1. The number of nitrogens with zero attached hydrogens (tertiary/aromatic N) is 1. The van der Waals surface area contributed by atoms with Gasteiger partial charge in [0.2, 0.25) is 5.91 Å². The minimum atomic E-state index is -0.554. The summed E-state index contributed by atoms with van der Waals surface area (Å²) in [5, 5.41) is 10.4. The highest BCUT2D eigenvalue weighted by Gasteiger charge is 2.39. The lowest BCUT2D eigenvalue weighted by molar-refractivity contribution is -0.143. The Morgan fingerprint density at radius 1 is 1.28 bits per heavy atom. The first-order chi connectivity index (χ1) is 8.53. The van der Waals surface area contributed by atoms with Crippen LogP contribution in [0.5, 0.6) is 0 Å². The van der Waals surface area contributed by atoms with Gasteiger partial charge in [-0.1, -0.05) is 13.8 Å². The summed E-state index contributed by atoms with van der Waals surface area (Å²) in [7, 11) is 0. The van der Waals surface area contributed by atoms with E-state index in [2.05, 4.69) is 13.8 Å². The maximum atomic E-state index is 12.3. The summed E-state index contributed by atoms with van der Waals surface area (Å²) in [6, 6.07) is 0. The second kappa shape index (κ2) is 5.57. The van der Waals surface area contributed by atoms with Gasteiger partial charge in [-0.15, -0.1) is 0 Å². The fourth-order valence-electron chi connectivity index (χ4n) is 2.98. The highest BCUT2D eigenvalue weighted by molar-refractivity contribution is 5.79. The van der Waals surface area contributed by atoms with Gasteiger partial charge in [0.15, 0.2) is 0 Å². The zero-order chi connectivity index (χ0) is 13.2. The molecule has 0 radical (unpaired) electrons. The summed E-state index contributed by atoms with van der Waals surface area (Å²) in [4.78, 5) is 14.2. The van der Waals surface area contributed by atoms with E-state index < -0.39 is 5.60 Å². The van der Waals surface area contributed by atoms with Crippen LogP contribution >= 0.6 is 0 Å². The van der Waals surface area contributed by atoms with Gasteiger partial charge in [0.1, 0.15) is 0 Å². The third kappa shape index (κ3) is 2.86. The molecule has 0 aromatic carbocycles. The normalized spacial score (nSPS) is 33.8. The zero-order valence-electron chi connectivity index (χ0n) is 11.5. The molecular weight excluding hydrogens is 230 g/mol. The van der Waals surface area contributed by atoms with Gasteiger partial charge in [-0.25, -0.2) is 0 Å². The van der Waals surface area contributed by atoms with Gasteiger partial charge in [-0.2, -0.15) is 0 Å². The summed E-state index contributed by atoms with van der Waals surface area (Å²) in [6.45, 7) is 6.89. The number of hydrogen-bond donors (Lipinski definition) is 1. The first-order valence-electron chi connectivity index (χ1n) is 7.12. The molecule has 2 aliphatic rings. The van der Waals surface area contributed by atoms with Crippen molar-refractivity contribution in [1.82, 2.24) is 4.90 Å². The molecule has 18 heavy (non-hydrogen) atoms. The maximum absolute atomic E-state index is 12.3. The van der Waals surface area contributed by atoms with Crippen molar-refractivity contribution in [3.63, 3.8) is 0 Å². The Morgan fingerprint density at radius 3 is 2.33 bits per heavy atom. The van der Waals surface area contributed by atoms with Crippen molar-refractivity contribution in [2.45, 2.75) is 45.1 Å². The first-order valence-corrected chi connectivity index (χ1v) is 7.12. The molecule has 0 spiro atoms. The molecule has 1 amide bonds. The van der Waals surface area contributed by atoms with Gasteiger partial charge >= 0.3 is 0 Å². The Morgan fingerprint density at radius 2 is 1.83 bits per heavy atom. The van der Waals surface area contributed by atoms with E-state index in [0.717, 1.165) is 38.8 Å². The van der Waals surface area contributed by atoms with E-state index in [9.17, 15) is 9.90 Å². The summed E-state index contributed by atoms with van der Waals surface area (Å²) < 4.78 is 5.27. The van der Waals surface area contributed by atoms with E-state index in [1.165, 1.54) is 0 Å². The van der Waals surface area contributed by atoms with E-state index in [4.69, 9.17) is 4.74 Å². The molecule has 1 saturated heterocycles. The smallest absolute Gasteiger partial charge is 0.225 e. The van der Waals surface area contributed by atoms with Crippen LogP contribution in [-0.2, 0) is 9.53 Å². The fourth-order valence-corrected chi connectivity index (χ4v) is 2.98. The fraction of sp³-hybridized carbons (Fsp3) is 0.929. The molecule has 2 fully saturated rings. The molecule has 0 aromatic rings. The summed E-state index contributed by atoms with van der Waals surface area (Å²) >= 11 is 0. The third-order valence-corrected chi connectivity index (χ3v) is 4.60. The van der Waals surface area contributed by atoms with Crippen LogP contribution in [0.25, 0.3) is 0 Å².